The van der Waals surface area contributed by atoms with E-state index >= 15 is 0 Å². The zero-order valence-electron chi connectivity index (χ0n) is 21.4. The summed E-state index contributed by atoms with van der Waals surface area (Å²) in [7, 11) is 0. The Labute approximate surface area is 217 Å². The van der Waals surface area contributed by atoms with Gasteiger partial charge in [-0.05, 0) is 61.9 Å². The summed E-state index contributed by atoms with van der Waals surface area (Å²) in [6, 6.07) is 13.5. The molecule has 8 heteroatoms. The first-order valence-corrected chi connectivity index (χ1v) is 13.1. The molecule has 1 aromatic carbocycles. The number of likely N-dealkylation sites (tertiary alicyclic amines) is 1. The first kappa shape index (κ1) is 24.9. The molecule has 3 N–H and O–H groups in total. The molecule has 1 saturated heterocycles. The van der Waals surface area contributed by atoms with Crippen molar-refractivity contribution in [3.63, 3.8) is 0 Å². The van der Waals surface area contributed by atoms with Crippen molar-refractivity contribution < 1.29 is 9.59 Å². The number of hydrogen-bond donors (Lipinski definition) is 3. The van der Waals surface area contributed by atoms with Gasteiger partial charge in [-0.1, -0.05) is 37.3 Å². The molecule has 37 heavy (non-hydrogen) atoms. The van der Waals surface area contributed by atoms with Crippen LogP contribution in [0, 0.1) is 5.92 Å². The molecule has 0 bridgehead atoms. The highest BCUT2D eigenvalue weighted by Gasteiger charge is 2.26. The quantitative estimate of drug-likeness (QED) is 0.363. The Kier molecular flexibility index (Phi) is 7.46. The fourth-order valence-electron chi connectivity index (χ4n) is 4.68. The molecule has 2 amide bonds. The van der Waals surface area contributed by atoms with E-state index in [2.05, 4.69) is 37.6 Å². The van der Waals surface area contributed by atoms with Gasteiger partial charge in [0.25, 0.3) is 0 Å². The van der Waals surface area contributed by atoms with Crippen LogP contribution in [-0.2, 0) is 9.59 Å². The van der Waals surface area contributed by atoms with E-state index in [9.17, 15) is 9.59 Å². The minimum Gasteiger partial charge on any atom is -0.309 e. The lowest BCUT2D eigenvalue weighted by atomic mass is 9.96. The lowest BCUT2D eigenvalue weighted by Gasteiger charge is -2.13. The summed E-state index contributed by atoms with van der Waals surface area (Å²) in [5.74, 6) is 1.72. The predicted octanol–water partition coefficient (Wildman–Crippen LogP) is 4.93. The Morgan fingerprint density at radius 1 is 1.11 bits per heavy atom. The Morgan fingerprint density at radius 3 is 2.70 bits per heavy atom. The average molecular weight is 499 g/mol. The largest absolute Gasteiger partial charge is 0.309 e. The maximum atomic E-state index is 12.8. The maximum absolute atomic E-state index is 12.8. The smallest absolute Gasteiger partial charge is 0.249 e. The topological polar surface area (TPSA) is 103 Å². The van der Waals surface area contributed by atoms with Gasteiger partial charge >= 0.3 is 0 Å². The Balaban J connectivity index is 1.16. The van der Waals surface area contributed by atoms with E-state index in [0.29, 0.717) is 17.6 Å². The number of nitrogens with zero attached hydrogens (tertiary/aromatic N) is 3. The van der Waals surface area contributed by atoms with Gasteiger partial charge in [0.2, 0.25) is 11.8 Å². The number of anilines is 2. The number of carbonyl (C=O) groups excluding carboxylic acids is 2. The van der Waals surface area contributed by atoms with Gasteiger partial charge in [-0.2, -0.15) is 5.10 Å². The fraction of sp³-hybridized carbons (Fsp3) is 0.379. The molecule has 1 saturated carbocycles. The molecule has 0 radical (unpaired) electrons. The molecule has 3 aromatic rings. The molecule has 2 aromatic heterocycles. The monoisotopic (exact) mass is 498 g/mol. The third kappa shape index (κ3) is 6.51. The molecular formula is C29H34N6O2. The van der Waals surface area contributed by atoms with Crippen LogP contribution in [-0.4, -0.2) is 51.5 Å². The van der Waals surface area contributed by atoms with Crippen molar-refractivity contribution in [2.75, 3.05) is 30.3 Å². The molecule has 1 aliphatic carbocycles. The number of pyridine rings is 1. The highest BCUT2D eigenvalue weighted by molar-refractivity contribution is 5.98. The molecule has 1 aliphatic heterocycles. The van der Waals surface area contributed by atoms with E-state index < -0.39 is 0 Å². The summed E-state index contributed by atoms with van der Waals surface area (Å²) < 4.78 is 0. The summed E-state index contributed by atoms with van der Waals surface area (Å²) in [4.78, 5) is 31.9. The molecule has 3 heterocycles. The predicted molar refractivity (Wildman–Crippen MR) is 145 cm³/mol. The number of aromatic amines is 1. The van der Waals surface area contributed by atoms with Gasteiger partial charge < -0.3 is 10.6 Å². The summed E-state index contributed by atoms with van der Waals surface area (Å²) in [5, 5.41) is 13.0. The van der Waals surface area contributed by atoms with Crippen molar-refractivity contribution in [3.05, 3.63) is 72.1 Å². The maximum Gasteiger partial charge on any atom is 0.249 e. The van der Waals surface area contributed by atoms with Gasteiger partial charge in [-0.25, -0.2) is 4.98 Å². The zero-order valence-corrected chi connectivity index (χ0v) is 21.4. The van der Waals surface area contributed by atoms with Crippen molar-refractivity contribution in [2.45, 2.75) is 44.9 Å². The number of carbonyl (C=O) groups is 2. The van der Waals surface area contributed by atoms with Crippen molar-refractivity contribution in [1.29, 1.82) is 0 Å². The van der Waals surface area contributed by atoms with Crippen LogP contribution in [0.1, 0.15) is 56.2 Å². The second-order valence-corrected chi connectivity index (χ2v) is 10.3. The number of hydrogen-bond acceptors (Lipinski definition) is 5. The highest BCUT2D eigenvalue weighted by atomic mass is 16.2. The first-order chi connectivity index (χ1) is 17.9. The molecule has 192 valence electrons. The lowest BCUT2D eigenvalue weighted by Crippen LogP contribution is -2.20. The molecule has 2 atom stereocenters. The lowest BCUT2D eigenvalue weighted by molar-refractivity contribution is -0.117. The number of benzene rings is 1. The van der Waals surface area contributed by atoms with E-state index in [1.165, 1.54) is 19.3 Å². The van der Waals surface area contributed by atoms with E-state index in [4.69, 9.17) is 0 Å². The van der Waals surface area contributed by atoms with Crippen LogP contribution in [0.25, 0.3) is 11.1 Å². The van der Waals surface area contributed by atoms with Crippen LogP contribution in [0.5, 0.6) is 0 Å². The molecule has 8 nitrogen and oxygen atoms in total. The summed E-state index contributed by atoms with van der Waals surface area (Å²) in [6.07, 6.45) is 8.79. The van der Waals surface area contributed by atoms with Gasteiger partial charge in [-0.15, -0.1) is 0 Å². The van der Waals surface area contributed by atoms with Crippen molar-refractivity contribution in [3.8, 4) is 11.1 Å². The zero-order chi connectivity index (χ0) is 25.8. The van der Waals surface area contributed by atoms with Crippen molar-refractivity contribution in [2.24, 2.45) is 5.92 Å². The minimum atomic E-state index is -0.344. The molecule has 0 unspecified atom stereocenters. The number of H-pyrrole nitrogens is 1. The van der Waals surface area contributed by atoms with Gasteiger partial charge in [0, 0.05) is 48.6 Å². The average Bonchev–Trinajstić information content (AvgIpc) is 3.51. The van der Waals surface area contributed by atoms with Gasteiger partial charge in [0.15, 0.2) is 5.82 Å². The summed E-state index contributed by atoms with van der Waals surface area (Å²) in [5.41, 5.74) is 3.86. The van der Waals surface area contributed by atoms with Gasteiger partial charge in [-0.3, -0.25) is 19.6 Å². The first-order valence-electron chi connectivity index (χ1n) is 13.1. The Bertz CT molecular complexity index is 1280. The van der Waals surface area contributed by atoms with Crippen LogP contribution in [0.3, 0.4) is 0 Å². The van der Waals surface area contributed by atoms with Crippen molar-refractivity contribution in [1.82, 2.24) is 20.1 Å². The van der Waals surface area contributed by atoms with E-state index in [1.807, 2.05) is 49.4 Å². The Morgan fingerprint density at radius 2 is 1.97 bits per heavy atom. The summed E-state index contributed by atoms with van der Waals surface area (Å²) in [6.45, 7) is 7.11. The van der Waals surface area contributed by atoms with Gasteiger partial charge in [0.05, 0.1) is 5.92 Å². The number of rotatable bonds is 9. The highest BCUT2D eigenvalue weighted by Crippen LogP contribution is 2.39. The molecular weight excluding hydrogens is 464 g/mol. The fourth-order valence-corrected chi connectivity index (χ4v) is 4.68. The van der Waals surface area contributed by atoms with Crippen LogP contribution in [0.2, 0.25) is 0 Å². The molecule has 2 aliphatic rings. The molecule has 2 fully saturated rings. The summed E-state index contributed by atoms with van der Waals surface area (Å²) >= 11 is 0. The van der Waals surface area contributed by atoms with Crippen LogP contribution in [0.4, 0.5) is 11.6 Å². The second kappa shape index (κ2) is 11.1. The minimum absolute atomic E-state index is 0.102. The normalized spacial score (nSPS) is 18.7. The second-order valence-electron chi connectivity index (χ2n) is 10.3. The Hall–Kier alpha value is -3.78. The standard InChI is InChI=1S/C29H34N6O2/c1-19-12-14-35(18-19)13-4-7-28(36)31-26-11-10-24(17-30-26)23-6-3-5-22(15-23)20(2)29(37)32-27-16-25(33-34-27)21-8-9-21/h3-7,10-11,15-17,19-21H,8-9,12-14,18H2,1-2H3,(H,30,31,36)(H2,32,33,34,37)/b7-4+/t19-,20-/m0/s1. The van der Waals surface area contributed by atoms with Crippen LogP contribution < -0.4 is 10.6 Å². The number of aromatic nitrogens is 3. The van der Waals surface area contributed by atoms with Crippen LogP contribution in [0.15, 0.2) is 60.8 Å². The molecule has 0 spiro atoms. The number of amides is 2. The van der Waals surface area contributed by atoms with Gasteiger partial charge in [0.1, 0.15) is 5.82 Å². The third-order valence-electron chi connectivity index (χ3n) is 7.13. The van der Waals surface area contributed by atoms with E-state index in [1.54, 1.807) is 18.3 Å². The third-order valence-corrected chi connectivity index (χ3v) is 7.13. The van der Waals surface area contributed by atoms with Crippen molar-refractivity contribution >= 4 is 23.5 Å². The SMILES string of the molecule is C[C@H]1CCN(C/C=C/C(=O)Nc2ccc(-c3cccc([C@H](C)C(=O)Nc4cc(C5CC5)[nH]n4)c3)cn2)C1. The van der Waals surface area contributed by atoms with Crippen LogP contribution >= 0.6 is 0 Å². The van der Waals surface area contributed by atoms with E-state index in [-0.39, 0.29) is 17.7 Å². The number of nitrogens with one attached hydrogen (secondary N) is 3. The molecule has 5 rings (SSSR count). The van der Waals surface area contributed by atoms with E-state index in [0.717, 1.165) is 47.9 Å².